The van der Waals surface area contributed by atoms with Gasteiger partial charge >= 0.3 is 12.0 Å². The number of benzene rings is 1. The lowest BCUT2D eigenvalue weighted by Crippen LogP contribution is -2.48. The number of ether oxygens (including phenoxy) is 1. The lowest BCUT2D eigenvalue weighted by molar-refractivity contribution is -0.151. The van der Waals surface area contributed by atoms with Crippen LogP contribution in [0.5, 0.6) is 0 Å². The van der Waals surface area contributed by atoms with Crippen LogP contribution in [0.4, 0.5) is 4.79 Å². The van der Waals surface area contributed by atoms with Crippen molar-refractivity contribution < 1.29 is 19.1 Å². The van der Waals surface area contributed by atoms with Crippen LogP contribution in [0.1, 0.15) is 44.6 Å². The molecular weight excluding hydrogens is 352 g/mol. The van der Waals surface area contributed by atoms with Gasteiger partial charge in [0.1, 0.15) is 0 Å². The van der Waals surface area contributed by atoms with Gasteiger partial charge in [-0.1, -0.05) is 37.5 Å². The third kappa shape index (κ3) is 6.71. The summed E-state index contributed by atoms with van der Waals surface area (Å²) in [5, 5.41) is 5.04. The Balaban J connectivity index is 1.70. The number of urea groups is 1. The molecule has 1 aliphatic rings. The van der Waals surface area contributed by atoms with Crippen molar-refractivity contribution in [2.75, 3.05) is 5.75 Å². The Morgan fingerprint density at radius 1 is 1.19 bits per heavy atom. The zero-order chi connectivity index (χ0) is 18.9. The van der Waals surface area contributed by atoms with Crippen molar-refractivity contribution in [2.24, 2.45) is 0 Å². The summed E-state index contributed by atoms with van der Waals surface area (Å²) in [5.74, 6) is -1.00. The van der Waals surface area contributed by atoms with Crippen molar-refractivity contribution in [1.29, 1.82) is 0 Å². The zero-order valence-electron chi connectivity index (χ0n) is 15.2. The summed E-state index contributed by atoms with van der Waals surface area (Å²) >= 11 is 1.36. The molecule has 0 bridgehead atoms. The third-order valence-electron chi connectivity index (χ3n) is 4.29. The molecule has 1 fully saturated rings. The van der Waals surface area contributed by atoms with Crippen molar-refractivity contribution >= 4 is 29.7 Å². The van der Waals surface area contributed by atoms with Gasteiger partial charge in [-0.15, -0.1) is 11.8 Å². The van der Waals surface area contributed by atoms with Gasteiger partial charge in [-0.3, -0.25) is 14.9 Å². The van der Waals surface area contributed by atoms with Gasteiger partial charge in [0.15, 0.2) is 6.10 Å². The molecule has 1 atom stereocenters. The van der Waals surface area contributed by atoms with Gasteiger partial charge in [0.25, 0.3) is 5.91 Å². The third-order valence-corrected chi connectivity index (χ3v) is 5.44. The minimum atomic E-state index is -1.02. The molecule has 0 radical (unpaired) electrons. The average Bonchev–Trinajstić information content (AvgIpc) is 2.61. The number of nitrogens with one attached hydrogen (secondary N) is 2. The van der Waals surface area contributed by atoms with Gasteiger partial charge in [0.2, 0.25) is 0 Å². The van der Waals surface area contributed by atoms with Crippen LogP contribution in [0.15, 0.2) is 29.2 Å². The van der Waals surface area contributed by atoms with E-state index < -0.39 is 24.0 Å². The van der Waals surface area contributed by atoms with E-state index in [-0.39, 0.29) is 11.8 Å². The second-order valence-electron chi connectivity index (χ2n) is 6.48. The Morgan fingerprint density at radius 3 is 2.58 bits per heavy atom. The molecule has 6 nitrogen and oxygen atoms in total. The summed E-state index contributed by atoms with van der Waals surface area (Å²) in [6, 6.07) is 7.32. The second kappa shape index (κ2) is 10.2. The molecule has 26 heavy (non-hydrogen) atoms. The first-order chi connectivity index (χ1) is 12.5. The highest BCUT2D eigenvalue weighted by molar-refractivity contribution is 8.00. The first-order valence-corrected chi connectivity index (χ1v) is 9.93. The summed E-state index contributed by atoms with van der Waals surface area (Å²) in [6.45, 7) is 3.42. The Kier molecular flexibility index (Phi) is 7.97. The van der Waals surface area contributed by atoms with E-state index in [1.54, 1.807) is 0 Å². The maximum atomic E-state index is 12.0. The molecule has 142 valence electrons. The van der Waals surface area contributed by atoms with E-state index in [1.807, 2.05) is 31.2 Å². The molecule has 7 heteroatoms. The predicted molar refractivity (Wildman–Crippen MR) is 101 cm³/mol. The number of thioether (sulfide) groups is 1. The van der Waals surface area contributed by atoms with E-state index in [9.17, 15) is 14.4 Å². The SMILES string of the molecule is Cc1ccccc1SCC(=O)O[C@@H](C)C(=O)NC(=O)NC1CCCCC1. The molecule has 1 aliphatic carbocycles. The largest absolute Gasteiger partial charge is 0.452 e. The molecule has 2 N–H and O–H groups in total. The summed E-state index contributed by atoms with van der Waals surface area (Å²) in [7, 11) is 0. The van der Waals surface area contributed by atoms with Crippen molar-refractivity contribution in [3.8, 4) is 0 Å². The van der Waals surface area contributed by atoms with Gasteiger partial charge in [0.05, 0.1) is 5.75 Å². The molecule has 0 saturated heterocycles. The smallest absolute Gasteiger partial charge is 0.321 e. The molecule has 3 amide bonds. The lowest BCUT2D eigenvalue weighted by atomic mass is 9.96. The topological polar surface area (TPSA) is 84.5 Å². The Bertz CT molecular complexity index is 644. The molecule has 0 heterocycles. The minimum absolute atomic E-state index is 0.108. The monoisotopic (exact) mass is 378 g/mol. The van der Waals surface area contributed by atoms with Crippen LogP contribution in [-0.2, 0) is 14.3 Å². The standard InChI is InChI=1S/C19H26N2O4S/c1-13-8-6-7-11-16(13)26-12-17(22)25-14(2)18(23)21-19(24)20-15-9-4-3-5-10-15/h6-8,11,14-15H,3-5,9-10,12H2,1-2H3,(H2,20,21,23,24)/t14-/m0/s1. The highest BCUT2D eigenvalue weighted by atomic mass is 32.2. The van der Waals surface area contributed by atoms with Gasteiger partial charge in [-0.25, -0.2) is 4.79 Å². The van der Waals surface area contributed by atoms with Crippen LogP contribution >= 0.6 is 11.8 Å². The maximum Gasteiger partial charge on any atom is 0.321 e. The average molecular weight is 378 g/mol. The van der Waals surface area contributed by atoms with Crippen molar-refractivity contribution in [3.05, 3.63) is 29.8 Å². The van der Waals surface area contributed by atoms with E-state index >= 15 is 0 Å². The molecule has 0 aromatic heterocycles. The molecule has 0 spiro atoms. The van der Waals surface area contributed by atoms with Gasteiger partial charge in [-0.05, 0) is 38.3 Å². The Labute approximate surface area is 158 Å². The van der Waals surface area contributed by atoms with Crippen molar-refractivity contribution in [2.45, 2.75) is 63.0 Å². The lowest BCUT2D eigenvalue weighted by Gasteiger charge is -2.23. The maximum absolute atomic E-state index is 12.0. The van der Waals surface area contributed by atoms with E-state index in [2.05, 4.69) is 10.6 Å². The van der Waals surface area contributed by atoms with Crippen LogP contribution in [0.25, 0.3) is 0 Å². The second-order valence-corrected chi connectivity index (χ2v) is 7.50. The highest BCUT2D eigenvalue weighted by Crippen LogP contribution is 2.22. The number of esters is 1. The first-order valence-electron chi connectivity index (χ1n) is 8.95. The van der Waals surface area contributed by atoms with Crippen LogP contribution in [0, 0.1) is 6.92 Å². The van der Waals surface area contributed by atoms with Crippen molar-refractivity contribution in [3.63, 3.8) is 0 Å². The van der Waals surface area contributed by atoms with E-state index in [1.165, 1.54) is 25.1 Å². The van der Waals surface area contributed by atoms with Gasteiger partial charge < -0.3 is 10.1 Å². The van der Waals surface area contributed by atoms with E-state index in [0.29, 0.717) is 0 Å². The summed E-state index contributed by atoms with van der Waals surface area (Å²) in [4.78, 5) is 36.8. The molecule has 1 saturated carbocycles. The van der Waals surface area contributed by atoms with Crippen LogP contribution in [-0.4, -0.2) is 35.8 Å². The van der Waals surface area contributed by atoms with E-state index in [0.717, 1.165) is 36.1 Å². The number of rotatable bonds is 6. The fraction of sp³-hybridized carbons (Fsp3) is 0.526. The molecule has 0 aliphatic heterocycles. The quantitative estimate of drug-likeness (QED) is 0.587. The summed E-state index contributed by atoms with van der Waals surface area (Å²) < 4.78 is 5.11. The molecular formula is C19H26N2O4S. The van der Waals surface area contributed by atoms with Crippen LogP contribution < -0.4 is 10.6 Å². The minimum Gasteiger partial charge on any atom is -0.452 e. The number of hydrogen-bond donors (Lipinski definition) is 2. The number of hydrogen-bond acceptors (Lipinski definition) is 5. The summed E-state index contributed by atoms with van der Waals surface area (Å²) in [5.41, 5.74) is 1.08. The fourth-order valence-corrected chi connectivity index (χ4v) is 3.63. The van der Waals surface area contributed by atoms with Gasteiger partial charge in [0, 0.05) is 10.9 Å². The van der Waals surface area contributed by atoms with Gasteiger partial charge in [-0.2, -0.15) is 0 Å². The van der Waals surface area contributed by atoms with Crippen LogP contribution in [0.2, 0.25) is 0 Å². The predicted octanol–water partition coefficient (Wildman–Crippen LogP) is 3.18. The fourth-order valence-electron chi connectivity index (χ4n) is 2.82. The summed E-state index contributed by atoms with van der Waals surface area (Å²) in [6.07, 6.45) is 4.21. The Morgan fingerprint density at radius 2 is 1.88 bits per heavy atom. The molecule has 1 aromatic carbocycles. The van der Waals surface area contributed by atoms with E-state index in [4.69, 9.17) is 4.74 Å². The first kappa shape index (κ1) is 20.3. The molecule has 1 aromatic rings. The highest BCUT2D eigenvalue weighted by Gasteiger charge is 2.22. The number of amides is 3. The molecule has 2 rings (SSSR count). The Hall–Kier alpha value is -2.02. The zero-order valence-corrected chi connectivity index (χ0v) is 16.1. The van der Waals surface area contributed by atoms with Crippen molar-refractivity contribution in [1.82, 2.24) is 10.6 Å². The normalized spacial score (nSPS) is 15.8. The molecule has 0 unspecified atom stereocenters. The number of carbonyl (C=O) groups excluding carboxylic acids is 3. The number of carbonyl (C=O) groups is 3. The van der Waals surface area contributed by atoms with Crippen LogP contribution in [0.3, 0.4) is 0 Å². The number of aryl methyl sites for hydroxylation is 1. The number of imide groups is 1.